The van der Waals surface area contributed by atoms with E-state index in [1.54, 1.807) is 43.5 Å². The van der Waals surface area contributed by atoms with E-state index in [0.717, 1.165) is 33.4 Å². The second kappa shape index (κ2) is 10.7. The van der Waals surface area contributed by atoms with Crippen molar-refractivity contribution in [2.45, 2.75) is 52.6 Å². The zero-order valence-electron chi connectivity index (χ0n) is 20.2. The lowest BCUT2D eigenvalue weighted by Crippen LogP contribution is -2.37. The van der Waals surface area contributed by atoms with Crippen LogP contribution < -0.4 is 5.32 Å². The Balaban J connectivity index is 1.32. The van der Waals surface area contributed by atoms with Gasteiger partial charge in [-0.25, -0.2) is 14.8 Å². The molecule has 0 spiro atoms. The first-order valence-corrected chi connectivity index (χ1v) is 13.2. The fourth-order valence-corrected chi connectivity index (χ4v) is 5.81. The molecule has 1 aromatic carbocycles. The molecule has 0 unspecified atom stereocenters. The molecule has 0 aliphatic carbocycles. The maximum absolute atomic E-state index is 12.9. The van der Waals surface area contributed by atoms with Gasteiger partial charge in [0.1, 0.15) is 10.6 Å². The average Bonchev–Trinajstić information content (AvgIpc) is 3.45. The number of nitrogens with zero attached hydrogens (tertiary/aromatic N) is 3. The fourth-order valence-electron chi connectivity index (χ4n) is 3.95. The molecule has 3 heterocycles. The fraction of sp³-hybridized carbons (Fsp3) is 0.400. The maximum atomic E-state index is 12.9. The molecule has 1 saturated heterocycles. The summed E-state index contributed by atoms with van der Waals surface area (Å²) in [4.78, 5) is 49.1. The summed E-state index contributed by atoms with van der Waals surface area (Å²) in [6, 6.07) is 6.58. The van der Waals surface area contributed by atoms with Gasteiger partial charge in [0.2, 0.25) is 0 Å². The van der Waals surface area contributed by atoms with E-state index in [1.807, 2.05) is 18.7 Å². The minimum absolute atomic E-state index is 0.0502. The Kier molecular flexibility index (Phi) is 7.61. The molecule has 35 heavy (non-hydrogen) atoms. The monoisotopic (exact) mass is 512 g/mol. The number of likely N-dealkylation sites (tertiary alicyclic amines) is 1. The Labute approximate surface area is 212 Å². The predicted molar refractivity (Wildman–Crippen MR) is 137 cm³/mol. The number of carbonyl (C=O) groups is 3. The third kappa shape index (κ3) is 5.94. The Bertz CT molecular complexity index is 1220. The van der Waals surface area contributed by atoms with Crippen LogP contribution in [0.25, 0.3) is 0 Å². The van der Waals surface area contributed by atoms with Gasteiger partial charge in [0.15, 0.2) is 0 Å². The zero-order valence-corrected chi connectivity index (χ0v) is 21.8. The SMILES string of the molecule is Cc1nc(C)c(C(=O)N2CCC(c3nc(C(=O)Nc4ccc(C(=O)OC(C)C)cc4)cs3)CC2)s1. The van der Waals surface area contributed by atoms with E-state index < -0.39 is 5.97 Å². The van der Waals surface area contributed by atoms with Gasteiger partial charge in [-0.05, 0) is 64.8 Å². The standard InChI is InChI=1S/C25H28N4O4S2/c1-14(2)33-25(32)18-5-7-19(8-6-18)27-22(30)20-13-34-23(28-20)17-9-11-29(12-10-17)24(31)21-15(3)26-16(4)35-21/h5-8,13-14,17H,9-12H2,1-4H3,(H,27,30). The Morgan fingerprint density at radius 3 is 2.37 bits per heavy atom. The summed E-state index contributed by atoms with van der Waals surface area (Å²) >= 11 is 2.92. The maximum Gasteiger partial charge on any atom is 0.338 e. The molecule has 0 saturated carbocycles. The number of hydrogen-bond donors (Lipinski definition) is 1. The Morgan fingerprint density at radius 1 is 1.09 bits per heavy atom. The Morgan fingerprint density at radius 2 is 1.77 bits per heavy atom. The number of thiazole rings is 2. The van der Waals surface area contributed by atoms with E-state index in [9.17, 15) is 14.4 Å². The van der Waals surface area contributed by atoms with E-state index in [4.69, 9.17) is 4.74 Å². The first kappa shape index (κ1) is 25.0. The Hall–Kier alpha value is -3.11. The topological polar surface area (TPSA) is 101 Å². The summed E-state index contributed by atoms with van der Waals surface area (Å²) in [5, 5.41) is 6.41. The number of ether oxygens (including phenoxy) is 1. The molecule has 8 nitrogen and oxygen atoms in total. The molecular weight excluding hydrogens is 484 g/mol. The molecule has 0 radical (unpaired) electrons. The highest BCUT2D eigenvalue weighted by atomic mass is 32.1. The van der Waals surface area contributed by atoms with Crippen molar-refractivity contribution in [2.75, 3.05) is 18.4 Å². The third-order valence-electron chi connectivity index (χ3n) is 5.70. The molecule has 4 rings (SSSR count). The van der Waals surface area contributed by atoms with Crippen molar-refractivity contribution in [3.8, 4) is 0 Å². The first-order chi connectivity index (χ1) is 16.7. The molecule has 2 aromatic heterocycles. The van der Waals surface area contributed by atoms with Gasteiger partial charge >= 0.3 is 5.97 Å². The lowest BCUT2D eigenvalue weighted by molar-refractivity contribution is 0.0377. The van der Waals surface area contributed by atoms with Crippen LogP contribution in [0.3, 0.4) is 0 Å². The van der Waals surface area contributed by atoms with Crippen molar-refractivity contribution in [1.82, 2.24) is 14.9 Å². The summed E-state index contributed by atoms with van der Waals surface area (Å²) in [6.45, 7) is 8.69. The van der Waals surface area contributed by atoms with Gasteiger partial charge in [-0.2, -0.15) is 0 Å². The summed E-state index contributed by atoms with van der Waals surface area (Å²) in [5.74, 6) is -0.420. The minimum Gasteiger partial charge on any atom is -0.459 e. The number of hydrogen-bond acceptors (Lipinski definition) is 8. The van der Waals surface area contributed by atoms with E-state index in [-0.39, 0.29) is 23.8 Å². The summed E-state index contributed by atoms with van der Waals surface area (Å²) < 4.78 is 5.18. The molecule has 2 amide bonds. The van der Waals surface area contributed by atoms with Gasteiger partial charge in [-0.3, -0.25) is 9.59 Å². The molecule has 3 aromatic rings. The predicted octanol–water partition coefficient (Wildman–Crippen LogP) is 5.05. The number of amides is 2. The largest absolute Gasteiger partial charge is 0.459 e. The highest BCUT2D eigenvalue weighted by Crippen LogP contribution is 2.32. The third-order valence-corrected chi connectivity index (χ3v) is 7.77. The number of rotatable bonds is 6. The van der Waals surface area contributed by atoms with Crippen molar-refractivity contribution in [3.05, 3.63) is 61.5 Å². The lowest BCUT2D eigenvalue weighted by Gasteiger charge is -2.30. The van der Waals surface area contributed by atoms with Crippen LogP contribution in [0.2, 0.25) is 0 Å². The molecule has 1 aliphatic heterocycles. The van der Waals surface area contributed by atoms with Crippen LogP contribution in [-0.4, -0.2) is 51.8 Å². The highest BCUT2D eigenvalue weighted by Gasteiger charge is 2.28. The summed E-state index contributed by atoms with van der Waals surface area (Å²) in [6.07, 6.45) is 1.43. The van der Waals surface area contributed by atoms with Gasteiger partial charge in [0, 0.05) is 30.1 Å². The van der Waals surface area contributed by atoms with E-state index >= 15 is 0 Å². The number of nitrogens with one attached hydrogen (secondary N) is 1. The van der Waals surface area contributed by atoms with Gasteiger partial charge in [0.25, 0.3) is 11.8 Å². The second-order valence-electron chi connectivity index (χ2n) is 8.77. The normalized spacial score (nSPS) is 14.3. The van der Waals surface area contributed by atoms with Crippen molar-refractivity contribution < 1.29 is 19.1 Å². The smallest absolute Gasteiger partial charge is 0.338 e. The number of benzene rings is 1. The van der Waals surface area contributed by atoms with Crippen molar-refractivity contribution in [3.63, 3.8) is 0 Å². The zero-order chi connectivity index (χ0) is 25.1. The molecule has 0 atom stereocenters. The van der Waals surface area contributed by atoms with Crippen LogP contribution in [0.5, 0.6) is 0 Å². The molecule has 1 N–H and O–H groups in total. The molecule has 1 fully saturated rings. The van der Waals surface area contributed by atoms with Crippen molar-refractivity contribution in [1.29, 1.82) is 0 Å². The molecule has 0 bridgehead atoms. The highest BCUT2D eigenvalue weighted by molar-refractivity contribution is 7.13. The van der Waals surface area contributed by atoms with E-state index in [1.165, 1.54) is 22.7 Å². The van der Waals surface area contributed by atoms with E-state index in [0.29, 0.717) is 30.0 Å². The number of piperidine rings is 1. The van der Waals surface area contributed by atoms with E-state index in [2.05, 4.69) is 15.3 Å². The molecular formula is C25H28N4O4S2. The number of aryl methyl sites for hydroxylation is 2. The van der Waals surface area contributed by atoms with Gasteiger partial charge < -0.3 is 15.0 Å². The average molecular weight is 513 g/mol. The van der Waals surface area contributed by atoms with Crippen LogP contribution in [-0.2, 0) is 4.74 Å². The minimum atomic E-state index is -0.396. The van der Waals surface area contributed by atoms with Crippen LogP contribution >= 0.6 is 22.7 Å². The number of aromatic nitrogens is 2. The molecule has 184 valence electrons. The van der Waals surface area contributed by atoms with Crippen molar-refractivity contribution >= 4 is 46.1 Å². The molecule has 10 heteroatoms. The van der Waals surface area contributed by atoms with Gasteiger partial charge in [0.05, 0.1) is 27.4 Å². The number of esters is 1. The van der Waals surface area contributed by atoms with Crippen LogP contribution in [0.15, 0.2) is 29.6 Å². The summed E-state index contributed by atoms with van der Waals surface area (Å²) in [7, 11) is 0. The van der Waals surface area contributed by atoms with Crippen LogP contribution in [0.1, 0.15) is 78.8 Å². The number of carbonyl (C=O) groups excluding carboxylic acids is 3. The number of anilines is 1. The van der Waals surface area contributed by atoms with Crippen molar-refractivity contribution in [2.24, 2.45) is 0 Å². The van der Waals surface area contributed by atoms with Crippen LogP contribution in [0, 0.1) is 13.8 Å². The van der Waals surface area contributed by atoms with Gasteiger partial charge in [-0.15, -0.1) is 22.7 Å². The summed E-state index contributed by atoms with van der Waals surface area (Å²) in [5.41, 5.74) is 2.16. The second-order valence-corrected chi connectivity index (χ2v) is 10.9. The van der Waals surface area contributed by atoms with Gasteiger partial charge in [-0.1, -0.05) is 0 Å². The quantitative estimate of drug-likeness (QED) is 0.464. The lowest BCUT2D eigenvalue weighted by atomic mass is 9.97. The first-order valence-electron chi connectivity index (χ1n) is 11.5. The molecule has 1 aliphatic rings. The van der Waals surface area contributed by atoms with Crippen LogP contribution in [0.4, 0.5) is 5.69 Å².